The summed E-state index contributed by atoms with van der Waals surface area (Å²) in [5.74, 6) is 3.05. The minimum absolute atomic E-state index is 0.227. The number of hydrogen-bond donors (Lipinski definition) is 2. The van der Waals surface area contributed by atoms with Gasteiger partial charge in [-0.05, 0) is 95.3 Å². The second-order valence-corrected chi connectivity index (χ2v) is 7.90. The maximum Gasteiger partial charge on any atom is 0.0316 e. The lowest BCUT2D eigenvalue weighted by molar-refractivity contribution is 0.239. The van der Waals surface area contributed by atoms with Gasteiger partial charge >= 0.3 is 0 Å². The molecule has 0 aromatic rings. The minimum atomic E-state index is 0.227. The second kappa shape index (κ2) is 6.97. The Hall–Kier alpha value is -0.120. The Labute approximate surface area is 131 Å². The summed E-state index contributed by atoms with van der Waals surface area (Å²) in [7, 11) is 0. The number of nitrogens with one attached hydrogen (secondary N) is 1. The van der Waals surface area contributed by atoms with Crippen LogP contribution in [0.15, 0.2) is 0 Å². The van der Waals surface area contributed by atoms with Gasteiger partial charge in [-0.3, -0.25) is 0 Å². The largest absolute Gasteiger partial charge is 0.329 e. The van der Waals surface area contributed by atoms with Crippen molar-refractivity contribution < 1.29 is 0 Å². The normalized spacial score (nSPS) is 31.6. The molecule has 21 heavy (non-hydrogen) atoms. The maximum atomic E-state index is 6.22. The van der Waals surface area contributed by atoms with Crippen LogP contribution in [0.4, 0.5) is 0 Å². The van der Waals surface area contributed by atoms with Gasteiger partial charge in [0.15, 0.2) is 0 Å². The fraction of sp³-hybridized carbons (Fsp3) is 1.00. The van der Waals surface area contributed by atoms with E-state index in [4.69, 9.17) is 5.73 Å². The molecule has 0 aromatic carbocycles. The molecule has 3 nitrogen and oxygen atoms in total. The molecule has 3 heteroatoms. The fourth-order valence-electron chi connectivity index (χ4n) is 4.34. The Bertz CT molecular complexity index is 312. The molecule has 0 radical (unpaired) electrons. The zero-order chi connectivity index (χ0) is 14.7. The number of hydrogen-bond acceptors (Lipinski definition) is 3. The summed E-state index contributed by atoms with van der Waals surface area (Å²) < 4.78 is 0. The van der Waals surface area contributed by atoms with Gasteiger partial charge in [-0.1, -0.05) is 6.92 Å². The van der Waals surface area contributed by atoms with Gasteiger partial charge < -0.3 is 16.0 Å². The molecule has 0 spiro atoms. The molecule has 3 N–H and O–H groups in total. The van der Waals surface area contributed by atoms with Crippen LogP contribution >= 0.6 is 0 Å². The topological polar surface area (TPSA) is 41.3 Å². The molecular weight excluding hydrogens is 258 g/mol. The molecule has 1 atom stereocenters. The molecule has 3 rings (SSSR count). The van der Waals surface area contributed by atoms with Crippen LogP contribution < -0.4 is 11.1 Å². The van der Waals surface area contributed by atoms with E-state index < -0.39 is 0 Å². The summed E-state index contributed by atoms with van der Waals surface area (Å²) in [6, 6.07) is 0. The van der Waals surface area contributed by atoms with Crippen molar-refractivity contribution in [3.63, 3.8) is 0 Å². The van der Waals surface area contributed by atoms with E-state index >= 15 is 0 Å². The standard InChI is InChI=1S/C18H35N3/c1-2-10-21-11-3-8-18(14-19,9-12-21)20-13-17(15-4-5-15)16-6-7-16/h15-17,20H,2-14,19H2,1H3. The molecule has 1 saturated heterocycles. The van der Waals surface area contributed by atoms with E-state index in [0.29, 0.717) is 0 Å². The SMILES string of the molecule is CCCN1CCCC(CN)(NCC(C2CC2)C2CC2)CC1. The summed E-state index contributed by atoms with van der Waals surface area (Å²) in [4.78, 5) is 2.64. The van der Waals surface area contributed by atoms with E-state index in [-0.39, 0.29) is 5.54 Å². The molecule has 3 aliphatic rings. The van der Waals surface area contributed by atoms with E-state index in [1.54, 1.807) is 0 Å². The molecule has 0 amide bonds. The third kappa shape index (κ3) is 4.20. The summed E-state index contributed by atoms with van der Waals surface area (Å²) >= 11 is 0. The Kier molecular flexibility index (Phi) is 5.23. The monoisotopic (exact) mass is 293 g/mol. The minimum Gasteiger partial charge on any atom is -0.329 e. The van der Waals surface area contributed by atoms with Crippen LogP contribution in [-0.4, -0.2) is 43.2 Å². The first-order chi connectivity index (χ1) is 10.3. The molecular formula is C18H35N3. The Morgan fingerprint density at radius 3 is 2.43 bits per heavy atom. The molecule has 3 fully saturated rings. The highest BCUT2D eigenvalue weighted by Gasteiger charge is 2.42. The highest BCUT2D eigenvalue weighted by atomic mass is 15.1. The van der Waals surface area contributed by atoms with Crippen molar-refractivity contribution in [2.24, 2.45) is 23.5 Å². The highest BCUT2D eigenvalue weighted by Crippen LogP contribution is 2.49. The van der Waals surface area contributed by atoms with E-state index in [1.165, 1.54) is 77.5 Å². The van der Waals surface area contributed by atoms with Gasteiger partial charge in [-0.15, -0.1) is 0 Å². The lowest BCUT2D eigenvalue weighted by atomic mass is 9.88. The highest BCUT2D eigenvalue weighted by molar-refractivity contribution is 4.97. The zero-order valence-corrected chi connectivity index (χ0v) is 13.9. The first-order valence-corrected chi connectivity index (χ1v) is 9.44. The molecule has 1 heterocycles. The van der Waals surface area contributed by atoms with Crippen molar-refractivity contribution in [3.05, 3.63) is 0 Å². The molecule has 1 aliphatic heterocycles. The third-order valence-electron chi connectivity index (χ3n) is 6.13. The van der Waals surface area contributed by atoms with E-state index in [0.717, 1.165) is 24.3 Å². The van der Waals surface area contributed by atoms with Gasteiger partial charge in [0.2, 0.25) is 0 Å². The second-order valence-electron chi connectivity index (χ2n) is 7.90. The zero-order valence-electron chi connectivity index (χ0n) is 13.9. The number of rotatable bonds is 8. The van der Waals surface area contributed by atoms with Gasteiger partial charge in [0, 0.05) is 12.1 Å². The van der Waals surface area contributed by atoms with Gasteiger partial charge in [-0.2, -0.15) is 0 Å². The fourth-order valence-corrected chi connectivity index (χ4v) is 4.34. The van der Waals surface area contributed by atoms with Gasteiger partial charge in [0.25, 0.3) is 0 Å². The van der Waals surface area contributed by atoms with Crippen LogP contribution in [0.1, 0.15) is 58.3 Å². The van der Waals surface area contributed by atoms with Crippen molar-refractivity contribution in [3.8, 4) is 0 Å². The van der Waals surface area contributed by atoms with Gasteiger partial charge in [0.1, 0.15) is 0 Å². The first-order valence-electron chi connectivity index (χ1n) is 9.44. The van der Waals surface area contributed by atoms with Crippen molar-refractivity contribution in [1.82, 2.24) is 10.2 Å². The summed E-state index contributed by atoms with van der Waals surface area (Å²) in [5, 5.41) is 3.98. The van der Waals surface area contributed by atoms with E-state index in [9.17, 15) is 0 Å². The van der Waals surface area contributed by atoms with Crippen LogP contribution in [0.2, 0.25) is 0 Å². The van der Waals surface area contributed by atoms with Crippen molar-refractivity contribution in [2.75, 3.05) is 32.7 Å². The molecule has 2 saturated carbocycles. The van der Waals surface area contributed by atoms with Crippen LogP contribution in [0.25, 0.3) is 0 Å². The Morgan fingerprint density at radius 1 is 1.14 bits per heavy atom. The Morgan fingerprint density at radius 2 is 1.86 bits per heavy atom. The number of nitrogens with zero attached hydrogens (tertiary/aromatic N) is 1. The number of likely N-dealkylation sites (tertiary alicyclic amines) is 1. The summed E-state index contributed by atoms with van der Waals surface area (Å²) in [6.07, 6.45) is 11.0. The lowest BCUT2D eigenvalue weighted by Gasteiger charge is -2.35. The quantitative estimate of drug-likeness (QED) is 0.723. The van der Waals surface area contributed by atoms with Gasteiger partial charge in [0.05, 0.1) is 0 Å². The maximum absolute atomic E-state index is 6.22. The van der Waals surface area contributed by atoms with Crippen LogP contribution in [0, 0.1) is 17.8 Å². The third-order valence-corrected chi connectivity index (χ3v) is 6.13. The Balaban J connectivity index is 1.52. The lowest BCUT2D eigenvalue weighted by Crippen LogP contribution is -2.53. The first kappa shape index (κ1) is 15.8. The van der Waals surface area contributed by atoms with Crippen molar-refractivity contribution in [2.45, 2.75) is 63.8 Å². The average molecular weight is 293 g/mol. The van der Waals surface area contributed by atoms with E-state index in [1.807, 2.05) is 0 Å². The molecule has 0 bridgehead atoms. The summed E-state index contributed by atoms with van der Waals surface area (Å²) in [6.45, 7) is 8.10. The molecule has 0 aromatic heterocycles. The van der Waals surface area contributed by atoms with E-state index in [2.05, 4.69) is 17.1 Å². The number of nitrogens with two attached hydrogens (primary N) is 1. The van der Waals surface area contributed by atoms with Crippen LogP contribution in [0.3, 0.4) is 0 Å². The van der Waals surface area contributed by atoms with Crippen molar-refractivity contribution >= 4 is 0 Å². The molecule has 2 aliphatic carbocycles. The van der Waals surface area contributed by atoms with Crippen LogP contribution in [-0.2, 0) is 0 Å². The average Bonchev–Trinajstić information content (AvgIpc) is 3.36. The predicted octanol–water partition coefficient (Wildman–Crippen LogP) is 2.61. The van der Waals surface area contributed by atoms with Crippen LogP contribution in [0.5, 0.6) is 0 Å². The predicted molar refractivity (Wildman–Crippen MR) is 89.3 cm³/mol. The summed E-state index contributed by atoms with van der Waals surface area (Å²) in [5.41, 5.74) is 6.44. The van der Waals surface area contributed by atoms with Gasteiger partial charge in [-0.25, -0.2) is 0 Å². The smallest absolute Gasteiger partial charge is 0.0316 e. The van der Waals surface area contributed by atoms with Crippen molar-refractivity contribution in [1.29, 1.82) is 0 Å². The molecule has 122 valence electrons. The molecule has 1 unspecified atom stereocenters.